The van der Waals surface area contributed by atoms with Crippen LogP contribution >= 0.6 is 11.6 Å². The molecule has 2 aliphatic rings. The van der Waals surface area contributed by atoms with Gasteiger partial charge >= 0.3 is 0 Å². The fraction of sp³-hybridized carbons (Fsp3) is 0.360. The second-order valence-corrected chi connectivity index (χ2v) is 8.84. The molecule has 2 aromatic carbocycles. The van der Waals surface area contributed by atoms with Gasteiger partial charge in [-0.25, -0.2) is 0 Å². The molecule has 1 spiro atoms. The van der Waals surface area contributed by atoms with Crippen LogP contribution in [0.15, 0.2) is 36.4 Å². The lowest BCUT2D eigenvalue weighted by molar-refractivity contribution is -0.129. The lowest BCUT2D eigenvalue weighted by Crippen LogP contribution is -2.52. The summed E-state index contributed by atoms with van der Waals surface area (Å²) in [6, 6.07) is 9.92. The normalized spacial score (nSPS) is 17.9. The summed E-state index contributed by atoms with van der Waals surface area (Å²) in [5, 5.41) is 0.627. The quantitative estimate of drug-likeness (QED) is 0.615. The van der Waals surface area contributed by atoms with E-state index in [1.807, 2.05) is 62.1 Å². The van der Waals surface area contributed by atoms with Gasteiger partial charge in [-0.2, -0.15) is 0 Å². The van der Waals surface area contributed by atoms with Crippen molar-refractivity contribution in [2.24, 2.45) is 0 Å². The zero-order valence-corrected chi connectivity index (χ0v) is 18.4. The molecule has 2 aliphatic heterocycles. The summed E-state index contributed by atoms with van der Waals surface area (Å²) in [4.78, 5) is 27.4. The number of likely N-dealkylation sites (tertiary alicyclic amines) is 1. The number of benzene rings is 2. The third-order valence-corrected chi connectivity index (χ3v) is 6.80. The molecule has 30 heavy (non-hydrogen) atoms. The minimum atomic E-state index is -0.533. The first kappa shape index (κ1) is 20.7. The van der Waals surface area contributed by atoms with Crippen molar-refractivity contribution < 1.29 is 14.3 Å². The molecule has 0 bridgehead atoms. The number of hydrogen-bond donors (Lipinski definition) is 0. The number of fused-ring (bicyclic) bond motifs is 1. The molecule has 1 fully saturated rings. The van der Waals surface area contributed by atoms with E-state index in [0.717, 1.165) is 16.7 Å². The van der Waals surface area contributed by atoms with E-state index in [2.05, 4.69) is 0 Å². The van der Waals surface area contributed by atoms with Gasteiger partial charge in [-0.15, -0.1) is 0 Å². The molecule has 156 valence electrons. The highest BCUT2D eigenvalue weighted by atomic mass is 35.5. The van der Waals surface area contributed by atoms with E-state index < -0.39 is 5.60 Å². The molecule has 0 unspecified atom stereocenters. The first-order valence-corrected chi connectivity index (χ1v) is 10.7. The highest BCUT2D eigenvalue weighted by Crippen LogP contribution is 2.43. The van der Waals surface area contributed by atoms with Crippen molar-refractivity contribution in [3.8, 4) is 5.75 Å². The van der Waals surface area contributed by atoms with Gasteiger partial charge in [0.2, 0.25) is 5.91 Å². The van der Waals surface area contributed by atoms with E-state index in [9.17, 15) is 9.59 Å². The van der Waals surface area contributed by atoms with Gasteiger partial charge in [-0.1, -0.05) is 41.4 Å². The molecule has 0 aromatic heterocycles. The van der Waals surface area contributed by atoms with Crippen LogP contribution in [-0.2, 0) is 4.79 Å². The Morgan fingerprint density at radius 3 is 2.47 bits per heavy atom. The minimum Gasteiger partial charge on any atom is -0.486 e. The van der Waals surface area contributed by atoms with Gasteiger partial charge < -0.3 is 9.64 Å². The number of nitrogens with zero attached hydrogens (tertiary/aromatic N) is 1. The maximum absolute atomic E-state index is 12.9. The first-order chi connectivity index (χ1) is 14.3. The number of piperidine rings is 1. The number of rotatable bonds is 2. The molecule has 1 amide bonds. The Kier molecular flexibility index (Phi) is 5.46. The summed E-state index contributed by atoms with van der Waals surface area (Å²) in [7, 11) is 0. The van der Waals surface area contributed by atoms with E-state index in [1.54, 1.807) is 6.08 Å². The number of halogens is 1. The van der Waals surface area contributed by atoms with E-state index in [1.165, 1.54) is 5.56 Å². The topological polar surface area (TPSA) is 46.6 Å². The summed E-state index contributed by atoms with van der Waals surface area (Å²) < 4.78 is 6.38. The highest BCUT2D eigenvalue weighted by Gasteiger charge is 2.44. The lowest BCUT2D eigenvalue weighted by atomic mass is 9.81. The molecule has 4 rings (SSSR count). The molecule has 2 heterocycles. The smallest absolute Gasteiger partial charge is 0.246 e. The second kappa shape index (κ2) is 7.92. The summed E-state index contributed by atoms with van der Waals surface area (Å²) in [6.07, 6.45) is 5.09. The van der Waals surface area contributed by atoms with Crippen molar-refractivity contribution in [3.63, 3.8) is 0 Å². The SMILES string of the molecule is Cc1ccc(/C=C/C(=O)N2CCC3(CC2)CC(=O)c2c(cc(C)c(Cl)c2C)O3)cc1. The largest absolute Gasteiger partial charge is 0.486 e. The summed E-state index contributed by atoms with van der Waals surface area (Å²) >= 11 is 6.33. The Bertz CT molecular complexity index is 1030. The van der Waals surface area contributed by atoms with Gasteiger partial charge in [0.15, 0.2) is 5.78 Å². The van der Waals surface area contributed by atoms with Gasteiger partial charge in [0, 0.05) is 37.0 Å². The second-order valence-electron chi connectivity index (χ2n) is 8.46. The van der Waals surface area contributed by atoms with Crippen LogP contribution < -0.4 is 4.74 Å². The molecule has 1 saturated heterocycles. The number of amides is 1. The van der Waals surface area contributed by atoms with Crippen molar-refractivity contribution in [2.75, 3.05) is 13.1 Å². The van der Waals surface area contributed by atoms with E-state index in [-0.39, 0.29) is 11.7 Å². The van der Waals surface area contributed by atoms with Gasteiger partial charge in [-0.3, -0.25) is 9.59 Å². The number of ether oxygens (including phenoxy) is 1. The number of aryl methyl sites for hydroxylation is 2. The number of hydrogen-bond acceptors (Lipinski definition) is 3. The fourth-order valence-electron chi connectivity index (χ4n) is 4.36. The maximum Gasteiger partial charge on any atom is 0.246 e. The van der Waals surface area contributed by atoms with Gasteiger partial charge in [-0.05, 0) is 49.6 Å². The number of carbonyl (C=O) groups excluding carboxylic acids is 2. The molecular formula is C25H26ClNO3. The van der Waals surface area contributed by atoms with Crippen LogP contribution in [0.4, 0.5) is 0 Å². The Morgan fingerprint density at radius 2 is 1.80 bits per heavy atom. The van der Waals surface area contributed by atoms with Crippen LogP contribution in [0.2, 0.25) is 5.02 Å². The molecule has 0 N–H and O–H groups in total. The molecular weight excluding hydrogens is 398 g/mol. The molecule has 4 nitrogen and oxygen atoms in total. The van der Waals surface area contributed by atoms with Gasteiger partial charge in [0.05, 0.1) is 12.0 Å². The van der Waals surface area contributed by atoms with Crippen LogP contribution in [-0.4, -0.2) is 35.3 Å². The fourth-order valence-corrected chi connectivity index (χ4v) is 4.51. The maximum atomic E-state index is 12.9. The number of Topliss-reactive ketones (excluding diaryl/α,β-unsaturated/α-hetero) is 1. The predicted molar refractivity (Wildman–Crippen MR) is 119 cm³/mol. The molecule has 0 aliphatic carbocycles. The van der Waals surface area contributed by atoms with E-state index >= 15 is 0 Å². The van der Waals surface area contributed by atoms with Crippen molar-refractivity contribution in [1.82, 2.24) is 4.90 Å². The predicted octanol–water partition coefficient (Wildman–Crippen LogP) is 5.31. The van der Waals surface area contributed by atoms with E-state index in [4.69, 9.17) is 16.3 Å². The zero-order valence-electron chi connectivity index (χ0n) is 17.6. The Balaban J connectivity index is 1.44. The van der Waals surface area contributed by atoms with Gasteiger partial charge in [0.25, 0.3) is 0 Å². The minimum absolute atomic E-state index is 0.00793. The average Bonchev–Trinajstić information content (AvgIpc) is 2.71. The monoisotopic (exact) mass is 423 g/mol. The molecule has 2 aromatic rings. The Hall–Kier alpha value is -2.59. The summed E-state index contributed by atoms with van der Waals surface area (Å²) in [6.45, 7) is 6.98. The first-order valence-electron chi connectivity index (χ1n) is 10.3. The number of ketones is 1. The van der Waals surface area contributed by atoms with Gasteiger partial charge in [0.1, 0.15) is 11.4 Å². The van der Waals surface area contributed by atoms with E-state index in [0.29, 0.717) is 48.7 Å². The average molecular weight is 424 g/mol. The van der Waals surface area contributed by atoms with Crippen LogP contribution in [0.3, 0.4) is 0 Å². The highest BCUT2D eigenvalue weighted by molar-refractivity contribution is 6.32. The zero-order chi connectivity index (χ0) is 21.5. The van der Waals surface area contributed by atoms with Crippen LogP contribution in [0.5, 0.6) is 5.75 Å². The third-order valence-electron chi connectivity index (χ3n) is 6.21. The summed E-state index contributed by atoms with van der Waals surface area (Å²) in [5.74, 6) is 0.700. The van der Waals surface area contributed by atoms with Crippen molar-refractivity contribution in [3.05, 3.63) is 69.2 Å². The molecule has 0 atom stereocenters. The summed E-state index contributed by atoms with van der Waals surface area (Å²) in [5.41, 5.74) is 3.97. The van der Waals surface area contributed by atoms with Crippen LogP contribution in [0.1, 0.15) is 51.9 Å². The molecule has 5 heteroatoms. The third kappa shape index (κ3) is 3.89. The van der Waals surface area contributed by atoms with Crippen LogP contribution in [0, 0.1) is 20.8 Å². The van der Waals surface area contributed by atoms with Crippen molar-refractivity contribution in [2.45, 2.75) is 45.6 Å². The molecule has 0 radical (unpaired) electrons. The molecule has 0 saturated carbocycles. The van der Waals surface area contributed by atoms with Crippen molar-refractivity contribution >= 4 is 29.4 Å². The lowest BCUT2D eigenvalue weighted by Gasteiger charge is -2.44. The Morgan fingerprint density at radius 1 is 1.13 bits per heavy atom. The number of carbonyl (C=O) groups is 2. The Labute approximate surface area is 182 Å². The standard InChI is InChI=1S/C25H26ClNO3/c1-16-4-6-19(7-5-16)8-9-22(29)27-12-10-25(11-13-27)15-20(28)23-18(3)24(26)17(2)14-21(23)30-25/h4-9,14H,10-13,15H2,1-3H3/b9-8+. The van der Waals surface area contributed by atoms with Crippen molar-refractivity contribution in [1.29, 1.82) is 0 Å². The van der Waals surface area contributed by atoms with Crippen LogP contribution in [0.25, 0.3) is 6.08 Å².